The van der Waals surface area contributed by atoms with Gasteiger partial charge >= 0.3 is 0 Å². The van der Waals surface area contributed by atoms with Gasteiger partial charge in [-0.2, -0.15) is 0 Å². The molecule has 0 aliphatic heterocycles. The highest BCUT2D eigenvalue weighted by Crippen LogP contribution is 2.38. The van der Waals surface area contributed by atoms with Crippen molar-refractivity contribution in [3.63, 3.8) is 0 Å². The number of benzene rings is 5. The largest absolute Gasteiger partial charge is 0.311 e. The number of nitrogens with zero attached hydrogens (tertiary/aromatic N) is 5. The van der Waals surface area contributed by atoms with Crippen LogP contribution in [0.15, 0.2) is 158 Å². The average Bonchev–Trinajstić information content (AvgIpc) is 3.57. The molecule has 0 radical (unpaired) electrons. The summed E-state index contributed by atoms with van der Waals surface area (Å²) < 4.78 is 2.05. The molecule has 224 valence electrons. The lowest BCUT2D eigenvalue weighted by atomic mass is 9.98. The zero-order valence-corrected chi connectivity index (χ0v) is 26.2. The second kappa shape index (κ2) is 12.0. The molecule has 5 nitrogen and oxygen atoms in total. The fourth-order valence-electron chi connectivity index (χ4n) is 6.01. The lowest BCUT2D eigenvalue weighted by Gasteiger charge is -2.26. The third-order valence-corrected chi connectivity index (χ3v) is 8.50. The normalized spacial score (nSPS) is 11.2. The predicted octanol–water partition coefficient (Wildman–Crippen LogP) is 10.7. The van der Waals surface area contributed by atoms with Crippen LogP contribution in [-0.2, 0) is 0 Å². The van der Waals surface area contributed by atoms with E-state index in [1.165, 1.54) is 11.5 Å². The molecule has 0 saturated carbocycles. The minimum absolute atomic E-state index is 0.864. The van der Waals surface area contributed by atoms with Crippen molar-refractivity contribution in [2.75, 3.05) is 4.90 Å². The minimum Gasteiger partial charge on any atom is -0.311 e. The number of rotatable bonds is 7. The summed E-state index contributed by atoms with van der Waals surface area (Å²) in [5, 5.41) is 0. The van der Waals surface area contributed by atoms with Crippen LogP contribution >= 0.6 is 0 Å². The van der Waals surface area contributed by atoms with Gasteiger partial charge in [0.15, 0.2) is 0 Å². The smallest absolute Gasteiger partial charge is 0.137 e. The summed E-state index contributed by atoms with van der Waals surface area (Å²) >= 11 is 0. The Morgan fingerprint density at radius 3 is 1.57 bits per heavy atom. The third-order valence-electron chi connectivity index (χ3n) is 8.50. The molecule has 8 aromatic rings. The molecule has 0 spiro atoms. The SMILES string of the molecule is C[C+](C)c1ccc(-c2nc3ccccc3nc2-c2ccc(N(c3ccccc3)c3ccc(-c4cn5ccccc5n4)cc3)cc2)cc1. The van der Waals surface area contributed by atoms with E-state index in [-0.39, 0.29) is 0 Å². The Balaban J connectivity index is 1.18. The second-order valence-electron chi connectivity index (χ2n) is 11.8. The quantitative estimate of drug-likeness (QED) is 0.169. The van der Waals surface area contributed by atoms with Crippen LogP contribution in [0.5, 0.6) is 0 Å². The topological polar surface area (TPSA) is 46.3 Å². The summed E-state index contributed by atoms with van der Waals surface area (Å²) in [6, 6.07) is 50.4. The van der Waals surface area contributed by atoms with E-state index in [9.17, 15) is 0 Å². The first-order chi connectivity index (χ1) is 23.1. The van der Waals surface area contributed by atoms with Crippen LogP contribution in [0.4, 0.5) is 17.1 Å². The molecule has 5 aromatic carbocycles. The summed E-state index contributed by atoms with van der Waals surface area (Å²) in [6.45, 7) is 4.26. The van der Waals surface area contributed by atoms with Crippen molar-refractivity contribution in [1.82, 2.24) is 19.4 Å². The van der Waals surface area contributed by atoms with Crippen LogP contribution in [-0.4, -0.2) is 19.4 Å². The monoisotopic (exact) mass is 606 g/mol. The van der Waals surface area contributed by atoms with Gasteiger partial charge in [0.1, 0.15) is 11.2 Å². The molecule has 8 rings (SSSR count). The number of fused-ring (bicyclic) bond motifs is 2. The lowest BCUT2D eigenvalue weighted by molar-refractivity contribution is 1.15. The van der Waals surface area contributed by atoms with E-state index >= 15 is 0 Å². The molecule has 0 amide bonds. The van der Waals surface area contributed by atoms with Gasteiger partial charge in [-0.05, 0) is 60.7 Å². The molecule has 0 saturated heterocycles. The van der Waals surface area contributed by atoms with Crippen LogP contribution < -0.4 is 4.90 Å². The number of hydrogen-bond donors (Lipinski definition) is 0. The molecule has 3 heterocycles. The molecule has 47 heavy (non-hydrogen) atoms. The molecular weight excluding hydrogens is 574 g/mol. The zero-order chi connectivity index (χ0) is 31.7. The maximum absolute atomic E-state index is 5.14. The van der Waals surface area contributed by atoms with Gasteiger partial charge in [-0.25, -0.2) is 15.0 Å². The van der Waals surface area contributed by atoms with Gasteiger partial charge in [0.2, 0.25) is 0 Å². The summed E-state index contributed by atoms with van der Waals surface area (Å²) in [6.07, 6.45) is 4.09. The lowest BCUT2D eigenvalue weighted by Crippen LogP contribution is -2.09. The van der Waals surface area contributed by atoms with Crippen LogP contribution in [0, 0.1) is 5.92 Å². The summed E-state index contributed by atoms with van der Waals surface area (Å²) in [5.74, 6) is 1.28. The number of hydrogen-bond acceptors (Lipinski definition) is 4. The second-order valence-corrected chi connectivity index (χ2v) is 11.8. The Bertz CT molecular complexity index is 2270. The third kappa shape index (κ3) is 5.49. The van der Waals surface area contributed by atoms with Gasteiger partial charge in [-0.15, -0.1) is 0 Å². The molecule has 0 fully saturated rings. The van der Waals surface area contributed by atoms with E-state index in [1.807, 2.05) is 59.1 Å². The number of anilines is 3. The molecule has 0 aliphatic carbocycles. The average molecular weight is 607 g/mol. The van der Waals surface area contributed by atoms with Gasteiger partial charge in [-0.3, -0.25) is 0 Å². The number of para-hydroxylation sites is 3. The predicted molar refractivity (Wildman–Crippen MR) is 193 cm³/mol. The van der Waals surface area contributed by atoms with Crippen LogP contribution in [0.1, 0.15) is 19.4 Å². The zero-order valence-electron chi connectivity index (χ0n) is 26.2. The van der Waals surface area contributed by atoms with Gasteiger partial charge in [0, 0.05) is 90.2 Å². The minimum atomic E-state index is 0.864. The van der Waals surface area contributed by atoms with Crippen molar-refractivity contribution in [2.45, 2.75) is 13.8 Å². The highest BCUT2D eigenvalue weighted by atomic mass is 15.1. The Morgan fingerprint density at radius 2 is 1.00 bits per heavy atom. The first-order valence-electron chi connectivity index (χ1n) is 15.8. The van der Waals surface area contributed by atoms with Crippen molar-refractivity contribution < 1.29 is 0 Å². The highest BCUT2D eigenvalue weighted by molar-refractivity contribution is 5.87. The Morgan fingerprint density at radius 1 is 0.489 bits per heavy atom. The molecule has 0 unspecified atom stereocenters. The Hall–Kier alpha value is -6.20. The molecule has 0 bridgehead atoms. The van der Waals surface area contributed by atoms with Crippen molar-refractivity contribution in [2.24, 2.45) is 0 Å². The van der Waals surface area contributed by atoms with Gasteiger partial charge in [-0.1, -0.05) is 60.7 Å². The Labute approximate surface area is 274 Å². The van der Waals surface area contributed by atoms with Crippen molar-refractivity contribution in [3.05, 3.63) is 169 Å². The van der Waals surface area contributed by atoms with Gasteiger partial charge < -0.3 is 9.30 Å². The highest BCUT2D eigenvalue weighted by Gasteiger charge is 2.18. The summed E-state index contributed by atoms with van der Waals surface area (Å²) in [4.78, 5) is 17.3. The summed E-state index contributed by atoms with van der Waals surface area (Å²) in [7, 11) is 0. The van der Waals surface area contributed by atoms with E-state index in [2.05, 4.69) is 122 Å². The van der Waals surface area contributed by atoms with E-state index in [0.717, 1.165) is 67.5 Å². The summed E-state index contributed by atoms with van der Waals surface area (Å²) in [5.41, 5.74) is 12.9. The molecule has 5 heteroatoms. The Kier molecular flexibility index (Phi) is 7.19. The number of imidazole rings is 1. The molecular formula is C42H32N5+. The van der Waals surface area contributed by atoms with E-state index in [0.29, 0.717) is 0 Å². The van der Waals surface area contributed by atoms with E-state index in [4.69, 9.17) is 15.0 Å². The standard InChI is InChI=1S/C42H32N5/c1-29(2)30-15-17-32(18-16-30)41-42(45-38-13-7-6-12-37(38)44-41)33-21-25-36(26-22-33)47(34-10-4-3-5-11-34)35-23-19-31(20-24-35)39-28-46-27-9-8-14-40(46)43-39/h3-28H,1-2H3/q+1. The first-order valence-corrected chi connectivity index (χ1v) is 15.8. The molecule has 0 N–H and O–H groups in total. The number of pyridine rings is 1. The molecule has 3 aromatic heterocycles. The number of aromatic nitrogens is 4. The fraction of sp³-hybridized carbons (Fsp3) is 0.0476. The van der Waals surface area contributed by atoms with Crippen molar-refractivity contribution in [1.29, 1.82) is 0 Å². The molecule has 0 aliphatic rings. The van der Waals surface area contributed by atoms with E-state index in [1.54, 1.807) is 0 Å². The van der Waals surface area contributed by atoms with E-state index < -0.39 is 0 Å². The first kappa shape index (κ1) is 28.3. The van der Waals surface area contributed by atoms with Gasteiger partial charge in [0.05, 0.1) is 28.1 Å². The maximum Gasteiger partial charge on any atom is 0.137 e. The fourth-order valence-corrected chi connectivity index (χ4v) is 6.01. The van der Waals surface area contributed by atoms with Crippen LogP contribution in [0.3, 0.4) is 0 Å². The van der Waals surface area contributed by atoms with Crippen LogP contribution in [0.25, 0.3) is 50.5 Å². The maximum atomic E-state index is 5.14. The van der Waals surface area contributed by atoms with Crippen LogP contribution in [0.2, 0.25) is 0 Å². The molecule has 0 atom stereocenters. The van der Waals surface area contributed by atoms with Crippen molar-refractivity contribution >= 4 is 33.7 Å². The van der Waals surface area contributed by atoms with Crippen molar-refractivity contribution in [3.8, 4) is 33.8 Å². The van der Waals surface area contributed by atoms with Gasteiger partial charge in [0.25, 0.3) is 0 Å².